The van der Waals surface area contributed by atoms with E-state index >= 15 is 0 Å². The summed E-state index contributed by atoms with van der Waals surface area (Å²) >= 11 is 2.89. The standard InChI is InChI=1S/C8H7BrF3NO3/c1-13-2-3(9)5(4(13)8(14)15)16-7(12)6(10)11/h2,6-7H,1H3,(H,14,15). The molecule has 0 aromatic carbocycles. The van der Waals surface area contributed by atoms with E-state index in [0.717, 1.165) is 4.57 Å². The van der Waals surface area contributed by atoms with Crippen molar-refractivity contribution in [1.82, 2.24) is 4.57 Å². The number of aryl methyl sites for hydroxylation is 1. The van der Waals surface area contributed by atoms with Crippen LogP contribution in [-0.4, -0.2) is 28.4 Å². The van der Waals surface area contributed by atoms with Gasteiger partial charge in [-0.2, -0.15) is 4.39 Å². The van der Waals surface area contributed by atoms with Gasteiger partial charge in [0.1, 0.15) is 0 Å². The number of halogens is 4. The van der Waals surface area contributed by atoms with Crippen LogP contribution in [0, 0.1) is 0 Å². The molecule has 1 atom stereocenters. The summed E-state index contributed by atoms with van der Waals surface area (Å²) in [6.45, 7) is 0. The summed E-state index contributed by atoms with van der Waals surface area (Å²) in [4.78, 5) is 10.8. The highest BCUT2D eigenvalue weighted by Crippen LogP contribution is 2.32. The van der Waals surface area contributed by atoms with Crippen molar-refractivity contribution in [2.24, 2.45) is 7.05 Å². The Labute approximate surface area is 96.7 Å². The van der Waals surface area contributed by atoms with Crippen LogP contribution in [0.25, 0.3) is 0 Å². The van der Waals surface area contributed by atoms with Crippen LogP contribution in [-0.2, 0) is 7.05 Å². The first kappa shape index (κ1) is 12.9. The van der Waals surface area contributed by atoms with Crippen molar-refractivity contribution in [3.8, 4) is 5.75 Å². The molecule has 1 heterocycles. The lowest BCUT2D eigenvalue weighted by atomic mass is 10.4. The van der Waals surface area contributed by atoms with Crippen molar-refractivity contribution < 1.29 is 27.8 Å². The quantitative estimate of drug-likeness (QED) is 0.929. The summed E-state index contributed by atoms with van der Waals surface area (Å²) < 4.78 is 42.0. The van der Waals surface area contributed by atoms with Crippen LogP contribution in [0.4, 0.5) is 13.2 Å². The predicted molar refractivity (Wildman–Crippen MR) is 51.6 cm³/mol. The Morgan fingerprint density at radius 2 is 2.12 bits per heavy atom. The van der Waals surface area contributed by atoms with Crippen molar-refractivity contribution >= 4 is 21.9 Å². The second-order valence-corrected chi connectivity index (χ2v) is 3.73. The molecule has 16 heavy (non-hydrogen) atoms. The number of nitrogens with zero attached hydrogens (tertiary/aromatic N) is 1. The fourth-order valence-corrected chi connectivity index (χ4v) is 1.68. The van der Waals surface area contributed by atoms with Crippen LogP contribution in [0.2, 0.25) is 0 Å². The van der Waals surface area contributed by atoms with E-state index in [-0.39, 0.29) is 4.47 Å². The predicted octanol–water partition coefficient (Wildman–Crippen LogP) is 2.43. The largest absolute Gasteiger partial charge is 0.476 e. The number of hydrogen-bond acceptors (Lipinski definition) is 2. The number of aromatic nitrogens is 1. The SMILES string of the molecule is Cn1cc(Br)c(OC(F)C(F)F)c1C(=O)O. The zero-order valence-electron chi connectivity index (χ0n) is 7.95. The molecule has 1 N–H and O–H groups in total. The topological polar surface area (TPSA) is 51.5 Å². The zero-order chi connectivity index (χ0) is 12.5. The third-order valence-corrected chi connectivity index (χ3v) is 2.29. The van der Waals surface area contributed by atoms with Gasteiger partial charge in [-0.05, 0) is 15.9 Å². The third-order valence-electron chi connectivity index (χ3n) is 1.72. The van der Waals surface area contributed by atoms with Gasteiger partial charge in [-0.25, -0.2) is 13.6 Å². The van der Waals surface area contributed by atoms with Crippen LogP contribution >= 0.6 is 15.9 Å². The van der Waals surface area contributed by atoms with Gasteiger partial charge in [0.05, 0.1) is 4.47 Å². The minimum absolute atomic E-state index is 0.0932. The molecule has 8 heteroatoms. The first-order valence-electron chi connectivity index (χ1n) is 4.01. The van der Waals surface area contributed by atoms with Crippen LogP contribution in [0.15, 0.2) is 10.7 Å². The van der Waals surface area contributed by atoms with Crippen molar-refractivity contribution in [2.75, 3.05) is 0 Å². The highest BCUT2D eigenvalue weighted by atomic mass is 79.9. The van der Waals surface area contributed by atoms with Crippen LogP contribution in [0.1, 0.15) is 10.5 Å². The normalized spacial score (nSPS) is 12.9. The molecular formula is C8H7BrF3NO3. The maximum atomic E-state index is 12.6. The van der Waals surface area contributed by atoms with E-state index in [2.05, 4.69) is 20.7 Å². The fraction of sp³-hybridized carbons (Fsp3) is 0.375. The second-order valence-electron chi connectivity index (χ2n) is 2.87. The number of ether oxygens (including phenoxy) is 1. The van der Waals surface area contributed by atoms with Gasteiger partial charge in [0, 0.05) is 13.2 Å². The van der Waals surface area contributed by atoms with Crippen LogP contribution in [0.3, 0.4) is 0 Å². The molecular weight excluding hydrogens is 295 g/mol. The number of alkyl halides is 3. The number of carboxylic acid groups (broad SMARTS) is 1. The molecule has 0 saturated carbocycles. The second kappa shape index (κ2) is 4.77. The molecule has 1 rings (SSSR count). The molecule has 0 saturated heterocycles. The Balaban J connectivity index is 3.07. The van der Waals surface area contributed by atoms with Crippen molar-refractivity contribution in [1.29, 1.82) is 0 Å². The molecule has 0 amide bonds. The van der Waals surface area contributed by atoms with Crippen LogP contribution in [0.5, 0.6) is 5.75 Å². The number of carbonyl (C=O) groups is 1. The number of carboxylic acids is 1. The Morgan fingerprint density at radius 3 is 2.56 bits per heavy atom. The molecule has 90 valence electrons. The average molecular weight is 302 g/mol. The highest BCUT2D eigenvalue weighted by Gasteiger charge is 2.27. The van der Waals surface area contributed by atoms with E-state index < -0.39 is 30.2 Å². The monoisotopic (exact) mass is 301 g/mol. The van der Waals surface area contributed by atoms with Crippen molar-refractivity contribution in [3.63, 3.8) is 0 Å². The first-order valence-corrected chi connectivity index (χ1v) is 4.81. The van der Waals surface area contributed by atoms with E-state index in [1.165, 1.54) is 13.2 Å². The summed E-state index contributed by atoms with van der Waals surface area (Å²) in [5.41, 5.74) is -0.407. The number of rotatable bonds is 4. The van der Waals surface area contributed by atoms with Gasteiger partial charge in [0.2, 0.25) is 0 Å². The fourth-order valence-electron chi connectivity index (χ4n) is 1.09. The summed E-state index contributed by atoms with van der Waals surface area (Å²) in [5, 5.41) is 8.78. The minimum atomic E-state index is -3.34. The Hall–Kier alpha value is -1.18. The Morgan fingerprint density at radius 1 is 1.56 bits per heavy atom. The van der Waals surface area contributed by atoms with Gasteiger partial charge >= 0.3 is 12.4 Å². The molecule has 0 radical (unpaired) electrons. The van der Waals surface area contributed by atoms with Crippen molar-refractivity contribution in [3.05, 3.63) is 16.4 Å². The molecule has 0 aliphatic carbocycles. The van der Waals surface area contributed by atoms with E-state index in [0.29, 0.717) is 0 Å². The lowest BCUT2D eigenvalue weighted by Gasteiger charge is -2.10. The molecule has 1 aromatic rings. The van der Waals surface area contributed by atoms with Gasteiger partial charge in [-0.1, -0.05) is 0 Å². The van der Waals surface area contributed by atoms with Gasteiger partial charge in [-0.15, -0.1) is 0 Å². The highest BCUT2D eigenvalue weighted by molar-refractivity contribution is 9.10. The molecule has 0 spiro atoms. The van der Waals surface area contributed by atoms with E-state index in [1.54, 1.807) is 0 Å². The lowest BCUT2D eigenvalue weighted by Crippen LogP contribution is -2.21. The summed E-state index contributed by atoms with van der Waals surface area (Å²) in [6, 6.07) is 0. The maximum absolute atomic E-state index is 12.6. The van der Waals surface area contributed by atoms with E-state index in [4.69, 9.17) is 5.11 Å². The Kier molecular flexibility index (Phi) is 3.84. The molecule has 0 fully saturated rings. The smallest absolute Gasteiger partial charge is 0.356 e. The zero-order valence-corrected chi connectivity index (χ0v) is 9.54. The van der Waals surface area contributed by atoms with Gasteiger partial charge in [-0.3, -0.25) is 0 Å². The summed E-state index contributed by atoms with van der Waals surface area (Å²) in [5.74, 6) is -1.85. The Bertz CT molecular complexity index is 407. The summed E-state index contributed by atoms with van der Waals surface area (Å²) in [6.07, 6.45) is -4.93. The lowest BCUT2D eigenvalue weighted by molar-refractivity contribution is -0.0676. The molecule has 4 nitrogen and oxygen atoms in total. The maximum Gasteiger partial charge on any atom is 0.356 e. The average Bonchev–Trinajstić information content (AvgIpc) is 2.41. The van der Waals surface area contributed by atoms with E-state index in [9.17, 15) is 18.0 Å². The molecule has 0 aliphatic rings. The molecule has 0 bridgehead atoms. The summed E-state index contributed by atoms with van der Waals surface area (Å²) in [7, 11) is 1.37. The van der Waals surface area contributed by atoms with E-state index in [1.807, 2.05) is 0 Å². The van der Waals surface area contributed by atoms with Gasteiger partial charge in [0.25, 0.3) is 6.36 Å². The first-order chi connectivity index (χ1) is 7.34. The number of hydrogen-bond donors (Lipinski definition) is 1. The van der Waals surface area contributed by atoms with Gasteiger partial charge in [0.15, 0.2) is 11.4 Å². The minimum Gasteiger partial charge on any atom is -0.476 e. The van der Waals surface area contributed by atoms with Gasteiger partial charge < -0.3 is 14.4 Å². The number of aromatic carboxylic acids is 1. The van der Waals surface area contributed by atoms with Crippen LogP contribution < -0.4 is 4.74 Å². The molecule has 1 aromatic heterocycles. The molecule has 1 unspecified atom stereocenters. The third kappa shape index (κ3) is 2.49. The van der Waals surface area contributed by atoms with Crippen molar-refractivity contribution in [2.45, 2.75) is 12.8 Å². The molecule has 0 aliphatic heterocycles.